The number of nitrogens with two attached hydrogens (primary N) is 1. The van der Waals surface area contributed by atoms with Gasteiger partial charge in [-0.1, -0.05) is 26.7 Å². The van der Waals surface area contributed by atoms with E-state index in [4.69, 9.17) is 5.73 Å². The molecule has 0 fully saturated rings. The second-order valence-corrected chi connectivity index (χ2v) is 3.97. The highest BCUT2D eigenvalue weighted by Gasteiger charge is 2.04. The maximum absolute atomic E-state index is 11.0. The lowest BCUT2D eigenvalue weighted by Gasteiger charge is -2.08. The normalized spacial score (nSPS) is 13.0. The van der Waals surface area contributed by atoms with Crippen LogP contribution in [0.5, 0.6) is 0 Å². The fourth-order valence-corrected chi connectivity index (χ4v) is 1.05. The summed E-state index contributed by atoms with van der Waals surface area (Å²) in [5.41, 5.74) is 5.39. The highest BCUT2D eigenvalue weighted by molar-refractivity contribution is 5.80. The highest BCUT2D eigenvalue weighted by atomic mass is 16.2. The van der Waals surface area contributed by atoms with Gasteiger partial charge in [-0.2, -0.15) is 0 Å². The molecule has 13 heavy (non-hydrogen) atoms. The van der Waals surface area contributed by atoms with Gasteiger partial charge in [-0.3, -0.25) is 4.79 Å². The van der Waals surface area contributed by atoms with E-state index in [2.05, 4.69) is 19.2 Å². The van der Waals surface area contributed by atoms with E-state index >= 15 is 0 Å². The summed E-state index contributed by atoms with van der Waals surface area (Å²) in [6, 6.07) is -0.384. The Kier molecular flexibility index (Phi) is 6.59. The third kappa shape index (κ3) is 7.78. The van der Waals surface area contributed by atoms with Crippen molar-refractivity contribution in [2.45, 2.75) is 46.1 Å². The van der Waals surface area contributed by atoms with Crippen molar-refractivity contribution in [3.05, 3.63) is 0 Å². The molecule has 0 unspecified atom stereocenters. The summed E-state index contributed by atoms with van der Waals surface area (Å²) >= 11 is 0. The molecule has 0 aliphatic heterocycles. The Hall–Kier alpha value is -0.570. The van der Waals surface area contributed by atoms with Gasteiger partial charge >= 0.3 is 0 Å². The van der Waals surface area contributed by atoms with Crippen LogP contribution in [0, 0.1) is 5.92 Å². The summed E-state index contributed by atoms with van der Waals surface area (Å²) < 4.78 is 0. The Morgan fingerprint density at radius 2 is 1.92 bits per heavy atom. The molecule has 3 nitrogen and oxygen atoms in total. The number of hydrogen-bond donors (Lipinski definition) is 2. The third-order valence-corrected chi connectivity index (χ3v) is 1.92. The fourth-order valence-electron chi connectivity index (χ4n) is 1.05. The first-order valence-corrected chi connectivity index (χ1v) is 5.07. The Bertz CT molecular complexity index is 144. The molecule has 0 aliphatic carbocycles. The van der Waals surface area contributed by atoms with E-state index in [0.717, 1.165) is 18.9 Å². The molecule has 0 heterocycles. The van der Waals surface area contributed by atoms with Crippen LogP contribution in [0.3, 0.4) is 0 Å². The average Bonchev–Trinajstić information content (AvgIpc) is 2.02. The maximum atomic E-state index is 11.0. The molecule has 0 radical (unpaired) electrons. The molecular weight excluding hydrogens is 164 g/mol. The third-order valence-electron chi connectivity index (χ3n) is 1.92. The van der Waals surface area contributed by atoms with Crippen LogP contribution in [0.15, 0.2) is 0 Å². The first-order chi connectivity index (χ1) is 6.04. The van der Waals surface area contributed by atoms with Crippen LogP contribution in [0.4, 0.5) is 0 Å². The zero-order valence-electron chi connectivity index (χ0n) is 8.97. The summed E-state index contributed by atoms with van der Waals surface area (Å²) in [6.45, 7) is 6.87. The molecule has 0 rings (SSSR count). The van der Waals surface area contributed by atoms with E-state index in [-0.39, 0.29) is 11.9 Å². The Morgan fingerprint density at radius 3 is 2.38 bits per heavy atom. The van der Waals surface area contributed by atoms with Crippen molar-refractivity contribution in [1.29, 1.82) is 0 Å². The molecule has 0 aliphatic rings. The number of amides is 1. The minimum atomic E-state index is -0.384. The van der Waals surface area contributed by atoms with E-state index in [9.17, 15) is 4.79 Å². The van der Waals surface area contributed by atoms with E-state index in [1.54, 1.807) is 6.92 Å². The van der Waals surface area contributed by atoms with E-state index in [1.807, 2.05) is 0 Å². The standard InChI is InChI=1S/C10H22N2O/c1-8(2)6-4-5-7-12-10(13)9(3)11/h8-9H,4-7,11H2,1-3H3,(H,12,13)/t9-/m1/s1. The van der Waals surface area contributed by atoms with Gasteiger partial charge in [-0.05, 0) is 19.3 Å². The van der Waals surface area contributed by atoms with Gasteiger partial charge in [0.15, 0.2) is 0 Å². The van der Waals surface area contributed by atoms with Crippen LogP contribution in [-0.4, -0.2) is 18.5 Å². The minimum Gasteiger partial charge on any atom is -0.355 e. The molecule has 0 saturated carbocycles. The topological polar surface area (TPSA) is 55.1 Å². The van der Waals surface area contributed by atoms with Crippen molar-refractivity contribution in [1.82, 2.24) is 5.32 Å². The summed E-state index contributed by atoms with van der Waals surface area (Å²) in [7, 11) is 0. The smallest absolute Gasteiger partial charge is 0.236 e. The fraction of sp³-hybridized carbons (Fsp3) is 0.900. The lowest BCUT2D eigenvalue weighted by molar-refractivity contribution is -0.121. The SMILES string of the molecule is CC(C)CCCCNC(=O)[C@@H](C)N. The first kappa shape index (κ1) is 12.4. The lowest BCUT2D eigenvalue weighted by atomic mass is 10.1. The van der Waals surface area contributed by atoms with Crippen molar-refractivity contribution in [3.63, 3.8) is 0 Å². The molecule has 78 valence electrons. The lowest BCUT2D eigenvalue weighted by Crippen LogP contribution is -2.38. The van der Waals surface area contributed by atoms with Gasteiger partial charge in [0.2, 0.25) is 5.91 Å². The zero-order chi connectivity index (χ0) is 10.3. The molecule has 0 bridgehead atoms. The molecule has 0 aromatic carbocycles. The van der Waals surface area contributed by atoms with Gasteiger partial charge in [0.25, 0.3) is 0 Å². The number of carbonyl (C=O) groups is 1. The van der Waals surface area contributed by atoms with Gasteiger partial charge in [0.05, 0.1) is 6.04 Å². The van der Waals surface area contributed by atoms with Crippen molar-refractivity contribution < 1.29 is 4.79 Å². The number of nitrogens with one attached hydrogen (secondary N) is 1. The summed E-state index contributed by atoms with van der Waals surface area (Å²) in [6.07, 6.45) is 3.46. The Labute approximate surface area is 81.1 Å². The molecule has 3 heteroatoms. The molecule has 1 amide bonds. The molecule has 0 aromatic rings. The molecule has 3 N–H and O–H groups in total. The molecule has 1 atom stereocenters. The van der Waals surface area contributed by atoms with Crippen LogP contribution in [0.25, 0.3) is 0 Å². The molecule has 0 aromatic heterocycles. The zero-order valence-corrected chi connectivity index (χ0v) is 8.97. The Morgan fingerprint density at radius 1 is 1.31 bits per heavy atom. The van der Waals surface area contributed by atoms with Crippen molar-refractivity contribution in [3.8, 4) is 0 Å². The maximum Gasteiger partial charge on any atom is 0.236 e. The van der Waals surface area contributed by atoms with Crippen molar-refractivity contribution in [2.75, 3.05) is 6.54 Å². The number of rotatable bonds is 6. The van der Waals surface area contributed by atoms with Crippen molar-refractivity contribution in [2.24, 2.45) is 11.7 Å². The van der Waals surface area contributed by atoms with Crippen LogP contribution < -0.4 is 11.1 Å². The second-order valence-electron chi connectivity index (χ2n) is 3.97. The van der Waals surface area contributed by atoms with Crippen LogP contribution in [-0.2, 0) is 4.79 Å². The Balaban J connectivity index is 3.21. The number of unbranched alkanes of at least 4 members (excludes halogenated alkanes) is 1. The number of hydrogen-bond acceptors (Lipinski definition) is 2. The van der Waals surface area contributed by atoms with E-state index in [0.29, 0.717) is 0 Å². The van der Waals surface area contributed by atoms with Gasteiger partial charge < -0.3 is 11.1 Å². The molecule has 0 saturated heterocycles. The van der Waals surface area contributed by atoms with Crippen LogP contribution in [0.2, 0.25) is 0 Å². The minimum absolute atomic E-state index is 0.0513. The molecule has 0 spiro atoms. The average molecular weight is 186 g/mol. The van der Waals surface area contributed by atoms with Crippen molar-refractivity contribution >= 4 is 5.91 Å². The van der Waals surface area contributed by atoms with E-state index in [1.165, 1.54) is 12.8 Å². The monoisotopic (exact) mass is 186 g/mol. The van der Waals surface area contributed by atoms with Gasteiger partial charge in [0, 0.05) is 6.54 Å². The largest absolute Gasteiger partial charge is 0.355 e. The van der Waals surface area contributed by atoms with Gasteiger partial charge in [-0.15, -0.1) is 0 Å². The molecular formula is C10H22N2O. The summed E-state index contributed by atoms with van der Waals surface area (Å²) in [4.78, 5) is 11.0. The van der Waals surface area contributed by atoms with Crippen LogP contribution in [0.1, 0.15) is 40.0 Å². The highest BCUT2D eigenvalue weighted by Crippen LogP contribution is 2.04. The summed E-state index contributed by atoms with van der Waals surface area (Å²) in [5.74, 6) is 0.702. The predicted octanol–water partition coefficient (Wildman–Crippen LogP) is 1.28. The van der Waals surface area contributed by atoms with E-state index < -0.39 is 0 Å². The summed E-state index contributed by atoms with van der Waals surface area (Å²) in [5, 5.41) is 2.79. The predicted molar refractivity (Wildman–Crippen MR) is 55.3 cm³/mol. The number of carbonyl (C=O) groups excluding carboxylic acids is 1. The first-order valence-electron chi connectivity index (χ1n) is 5.07. The van der Waals surface area contributed by atoms with Gasteiger partial charge in [-0.25, -0.2) is 0 Å². The van der Waals surface area contributed by atoms with Gasteiger partial charge in [0.1, 0.15) is 0 Å². The van der Waals surface area contributed by atoms with Crippen LogP contribution >= 0.6 is 0 Å². The second kappa shape index (κ2) is 6.89. The quantitative estimate of drug-likeness (QED) is 0.614.